The summed E-state index contributed by atoms with van der Waals surface area (Å²) in [7, 11) is 0. The lowest BCUT2D eigenvalue weighted by atomic mass is 10.1. The summed E-state index contributed by atoms with van der Waals surface area (Å²) in [5.41, 5.74) is 6.84. The van der Waals surface area contributed by atoms with Crippen molar-refractivity contribution in [3.05, 3.63) is 29.8 Å². The van der Waals surface area contributed by atoms with Gasteiger partial charge in [-0.15, -0.1) is 0 Å². The van der Waals surface area contributed by atoms with Gasteiger partial charge in [0.25, 0.3) is 0 Å². The van der Waals surface area contributed by atoms with Gasteiger partial charge in [-0.2, -0.15) is 0 Å². The van der Waals surface area contributed by atoms with E-state index >= 15 is 0 Å². The molecule has 1 aromatic rings. The second-order valence-electron chi connectivity index (χ2n) is 5.16. The summed E-state index contributed by atoms with van der Waals surface area (Å²) in [5.74, 6) is -0.224. The molecule has 0 spiro atoms. The minimum atomic E-state index is -0.663. The lowest BCUT2D eigenvalue weighted by molar-refractivity contribution is -0.124. The van der Waals surface area contributed by atoms with Crippen molar-refractivity contribution >= 4 is 17.5 Å². The molecule has 19 heavy (non-hydrogen) atoms. The topological polar surface area (TPSA) is 84.2 Å². The SMILES string of the molecule is CC(=O)Nc1cccc(C(C)NC(=O)C2(N)CC2)c1. The van der Waals surface area contributed by atoms with E-state index < -0.39 is 5.54 Å². The first-order chi connectivity index (χ1) is 8.90. The van der Waals surface area contributed by atoms with Crippen molar-refractivity contribution < 1.29 is 9.59 Å². The molecule has 2 rings (SSSR count). The van der Waals surface area contributed by atoms with Crippen molar-refractivity contribution in [1.82, 2.24) is 5.32 Å². The van der Waals surface area contributed by atoms with E-state index in [0.29, 0.717) is 0 Å². The molecule has 1 atom stereocenters. The molecule has 102 valence electrons. The number of benzene rings is 1. The molecule has 1 unspecified atom stereocenters. The third kappa shape index (κ3) is 3.32. The number of carbonyl (C=O) groups excluding carboxylic acids is 2. The lowest BCUT2D eigenvalue weighted by Crippen LogP contribution is -2.43. The van der Waals surface area contributed by atoms with Crippen LogP contribution in [0.2, 0.25) is 0 Å². The maximum atomic E-state index is 11.9. The van der Waals surface area contributed by atoms with Crippen LogP contribution in [-0.4, -0.2) is 17.4 Å². The quantitative estimate of drug-likeness (QED) is 0.764. The van der Waals surface area contributed by atoms with Gasteiger partial charge in [-0.1, -0.05) is 12.1 Å². The number of hydrogen-bond acceptors (Lipinski definition) is 3. The van der Waals surface area contributed by atoms with Crippen LogP contribution in [0, 0.1) is 0 Å². The summed E-state index contributed by atoms with van der Waals surface area (Å²) < 4.78 is 0. The Labute approximate surface area is 112 Å². The molecule has 0 heterocycles. The number of anilines is 1. The van der Waals surface area contributed by atoms with Gasteiger partial charge in [0, 0.05) is 12.6 Å². The summed E-state index contributed by atoms with van der Waals surface area (Å²) in [6.07, 6.45) is 1.50. The zero-order valence-electron chi connectivity index (χ0n) is 11.2. The van der Waals surface area contributed by atoms with Crippen molar-refractivity contribution in [3.8, 4) is 0 Å². The Kier molecular flexibility index (Phi) is 3.57. The van der Waals surface area contributed by atoms with E-state index in [4.69, 9.17) is 5.73 Å². The summed E-state index contributed by atoms with van der Waals surface area (Å²) >= 11 is 0. The number of rotatable bonds is 4. The van der Waals surface area contributed by atoms with Crippen LogP contribution >= 0.6 is 0 Å². The smallest absolute Gasteiger partial charge is 0.240 e. The first-order valence-electron chi connectivity index (χ1n) is 6.38. The van der Waals surface area contributed by atoms with Crippen LogP contribution in [0.15, 0.2) is 24.3 Å². The Balaban J connectivity index is 2.04. The highest BCUT2D eigenvalue weighted by molar-refractivity contribution is 5.90. The summed E-state index contributed by atoms with van der Waals surface area (Å²) in [5, 5.41) is 5.62. The van der Waals surface area contributed by atoms with E-state index in [1.54, 1.807) is 0 Å². The highest BCUT2D eigenvalue weighted by Gasteiger charge is 2.46. The lowest BCUT2D eigenvalue weighted by Gasteiger charge is -2.18. The van der Waals surface area contributed by atoms with Gasteiger partial charge >= 0.3 is 0 Å². The average molecular weight is 261 g/mol. The van der Waals surface area contributed by atoms with Crippen molar-refractivity contribution in [2.24, 2.45) is 5.73 Å². The van der Waals surface area contributed by atoms with Gasteiger partial charge in [-0.05, 0) is 37.5 Å². The predicted octanol–water partition coefficient (Wildman–Crippen LogP) is 1.31. The number of nitrogens with two attached hydrogens (primary N) is 1. The Morgan fingerprint density at radius 1 is 1.37 bits per heavy atom. The maximum absolute atomic E-state index is 11.9. The largest absolute Gasteiger partial charge is 0.348 e. The van der Waals surface area contributed by atoms with Crippen molar-refractivity contribution in [3.63, 3.8) is 0 Å². The first-order valence-corrected chi connectivity index (χ1v) is 6.38. The fourth-order valence-corrected chi connectivity index (χ4v) is 1.87. The van der Waals surface area contributed by atoms with Crippen LogP contribution in [-0.2, 0) is 9.59 Å². The minimum Gasteiger partial charge on any atom is -0.348 e. The second kappa shape index (κ2) is 5.01. The van der Waals surface area contributed by atoms with Crippen molar-refractivity contribution in [2.45, 2.75) is 38.3 Å². The zero-order valence-corrected chi connectivity index (χ0v) is 11.2. The Bertz CT molecular complexity index is 509. The van der Waals surface area contributed by atoms with Gasteiger partial charge in [0.2, 0.25) is 11.8 Å². The van der Waals surface area contributed by atoms with Gasteiger partial charge in [-0.3, -0.25) is 9.59 Å². The number of hydrogen-bond donors (Lipinski definition) is 3. The van der Waals surface area contributed by atoms with Gasteiger partial charge < -0.3 is 16.4 Å². The summed E-state index contributed by atoms with van der Waals surface area (Å²) in [6.45, 7) is 3.36. The van der Waals surface area contributed by atoms with Crippen LogP contribution in [0.4, 0.5) is 5.69 Å². The van der Waals surface area contributed by atoms with Crippen LogP contribution in [0.5, 0.6) is 0 Å². The van der Waals surface area contributed by atoms with E-state index in [1.165, 1.54) is 6.92 Å². The molecule has 0 saturated heterocycles. The normalized spacial score (nSPS) is 17.4. The molecule has 0 bridgehead atoms. The molecule has 2 amide bonds. The first kappa shape index (κ1) is 13.5. The molecule has 5 heteroatoms. The van der Waals surface area contributed by atoms with Crippen LogP contribution < -0.4 is 16.4 Å². The van der Waals surface area contributed by atoms with E-state index in [2.05, 4.69) is 10.6 Å². The second-order valence-corrected chi connectivity index (χ2v) is 5.16. The maximum Gasteiger partial charge on any atom is 0.240 e. The van der Waals surface area contributed by atoms with E-state index in [9.17, 15) is 9.59 Å². The standard InChI is InChI=1S/C14H19N3O2/c1-9(16-13(19)14(15)6-7-14)11-4-3-5-12(8-11)17-10(2)18/h3-5,8-9H,6-7,15H2,1-2H3,(H,16,19)(H,17,18). The molecule has 1 aliphatic rings. The van der Waals surface area contributed by atoms with E-state index in [-0.39, 0.29) is 17.9 Å². The molecule has 1 aromatic carbocycles. The number of amides is 2. The molecular weight excluding hydrogens is 242 g/mol. The average Bonchev–Trinajstić information content (AvgIpc) is 3.08. The predicted molar refractivity (Wildman–Crippen MR) is 73.5 cm³/mol. The Hall–Kier alpha value is -1.88. The third-order valence-corrected chi connectivity index (χ3v) is 3.30. The molecule has 1 aliphatic carbocycles. The molecule has 1 saturated carbocycles. The highest BCUT2D eigenvalue weighted by atomic mass is 16.2. The summed E-state index contributed by atoms with van der Waals surface area (Å²) in [4.78, 5) is 22.9. The van der Waals surface area contributed by atoms with Crippen LogP contribution in [0.1, 0.15) is 38.3 Å². The van der Waals surface area contributed by atoms with E-state index in [0.717, 1.165) is 24.1 Å². The van der Waals surface area contributed by atoms with Gasteiger partial charge in [0.1, 0.15) is 0 Å². The molecule has 0 radical (unpaired) electrons. The van der Waals surface area contributed by atoms with Crippen LogP contribution in [0.25, 0.3) is 0 Å². The van der Waals surface area contributed by atoms with Crippen molar-refractivity contribution in [1.29, 1.82) is 0 Å². The molecule has 5 nitrogen and oxygen atoms in total. The van der Waals surface area contributed by atoms with Gasteiger partial charge in [0.15, 0.2) is 0 Å². The number of nitrogens with one attached hydrogen (secondary N) is 2. The third-order valence-electron chi connectivity index (χ3n) is 3.30. The zero-order chi connectivity index (χ0) is 14.0. The Morgan fingerprint density at radius 2 is 2.05 bits per heavy atom. The Morgan fingerprint density at radius 3 is 2.63 bits per heavy atom. The molecule has 4 N–H and O–H groups in total. The molecule has 0 aliphatic heterocycles. The minimum absolute atomic E-state index is 0.107. The summed E-state index contributed by atoms with van der Waals surface area (Å²) in [6, 6.07) is 7.28. The molecular formula is C14H19N3O2. The fraction of sp³-hybridized carbons (Fsp3) is 0.429. The van der Waals surface area contributed by atoms with E-state index in [1.807, 2.05) is 31.2 Å². The van der Waals surface area contributed by atoms with Crippen molar-refractivity contribution in [2.75, 3.05) is 5.32 Å². The van der Waals surface area contributed by atoms with Gasteiger partial charge in [-0.25, -0.2) is 0 Å². The van der Waals surface area contributed by atoms with Crippen LogP contribution in [0.3, 0.4) is 0 Å². The number of carbonyl (C=O) groups is 2. The highest BCUT2D eigenvalue weighted by Crippen LogP contribution is 2.33. The van der Waals surface area contributed by atoms with Gasteiger partial charge in [0.05, 0.1) is 11.6 Å². The monoisotopic (exact) mass is 261 g/mol. The molecule has 1 fully saturated rings. The fourth-order valence-electron chi connectivity index (χ4n) is 1.87. The molecule has 0 aromatic heterocycles.